The minimum atomic E-state index is -0.195. The molecule has 0 bridgehead atoms. The van der Waals surface area contributed by atoms with Gasteiger partial charge in [-0.1, -0.05) is 12.1 Å². The Balaban J connectivity index is 0.00000243. The molecule has 7 heteroatoms. The van der Waals surface area contributed by atoms with Gasteiger partial charge in [0.2, 0.25) is 5.91 Å². The molecular weight excluding hydrogens is 355 g/mol. The lowest BCUT2D eigenvalue weighted by Crippen LogP contribution is -2.35. The summed E-state index contributed by atoms with van der Waals surface area (Å²) < 4.78 is 13.3. The first-order valence-corrected chi connectivity index (χ1v) is 9.35. The van der Waals surface area contributed by atoms with E-state index >= 15 is 0 Å². The molecule has 26 heavy (non-hydrogen) atoms. The molecule has 1 amide bonds. The summed E-state index contributed by atoms with van der Waals surface area (Å²) in [6, 6.07) is 7.63. The number of carbonyl (C=O) groups excluding carboxylic acids is 1. The van der Waals surface area contributed by atoms with Crippen LogP contribution in [0, 0.1) is 5.82 Å². The second-order valence-corrected chi connectivity index (χ2v) is 7.28. The van der Waals surface area contributed by atoms with Crippen LogP contribution in [0.1, 0.15) is 50.1 Å². The van der Waals surface area contributed by atoms with Crippen molar-refractivity contribution in [2.45, 2.75) is 56.7 Å². The normalized spacial score (nSPS) is 25.1. The largest absolute Gasteiger partial charge is 0.346 e. The Morgan fingerprint density at radius 1 is 1.31 bits per heavy atom. The van der Waals surface area contributed by atoms with Crippen molar-refractivity contribution in [1.82, 2.24) is 21.1 Å². The van der Waals surface area contributed by atoms with Gasteiger partial charge in [-0.2, -0.15) is 0 Å². The fourth-order valence-electron chi connectivity index (χ4n) is 3.75. The topological polar surface area (TPSA) is 56.4 Å². The highest BCUT2D eigenvalue weighted by Gasteiger charge is 2.25. The third-order valence-electron chi connectivity index (χ3n) is 5.29. The number of hydrogen-bond donors (Lipinski definition) is 3. The number of rotatable bonds is 7. The smallest absolute Gasteiger partial charge is 0.223 e. The first-order chi connectivity index (χ1) is 12.1. The van der Waals surface area contributed by atoms with Crippen LogP contribution in [0.2, 0.25) is 0 Å². The molecule has 146 valence electrons. The fourth-order valence-corrected chi connectivity index (χ4v) is 3.75. The molecule has 2 aliphatic heterocycles. The average molecular weight is 385 g/mol. The second-order valence-electron chi connectivity index (χ2n) is 7.28. The van der Waals surface area contributed by atoms with Crippen molar-refractivity contribution < 1.29 is 9.18 Å². The van der Waals surface area contributed by atoms with Crippen molar-refractivity contribution in [3.05, 3.63) is 35.6 Å². The van der Waals surface area contributed by atoms with Gasteiger partial charge in [0.05, 0.1) is 0 Å². The van der Waals surface area contributed by atoms with Crippen LogP contribution in [0.15, 0.2) is 24.3 Å². The lowest BCUT2D eigenvalue weighted by Gasteiger charge is -2.20. The molecule has 0 saturated carbocycles. The van der Waals surface area contributed by atoms with Crippen molar-refractivity contribution in [1.29, 1.82) is 0 Å². The molecule has 0 radical (unpaired) electrons. The van der Waals surface area contributed by atoms with Crippen LogP contribution in [0.5, 0.6) is 0 Å². The number of nitrogens with one attached hydrogen (secondary N) is 3. The highest BCUT2D eigenvalue weighted by atomic mass is 35.5. The van der Waals surface area contributed by atoms with Crippen LogP contribution in [0.25, 0.3) is 0 Å². The maximum Gasteiger partial charge on any atom is 0.223 e. The predicted octanol–water partition coefficient (Wildman–Crippen LogP) is 2.54. The average Bonchev–Trinajstić information content (AvgIpc) is 3.26. The van der Waals surface area contributed by atoms with Crippen molar-refractivity contribution in [2.75, 3.05) is 20.1 Å². The van der Waals surface area contributed by atoms with Gasteiger partial charge in [-0.3, -0.25) is 15.6 Å². The van der Waals surface area contributed by atoms with Gasteiger partial charge in [-0.25, -0.2) is 4.39 Å². The van der Waals surface area contributed by atoms with Crippen molar-refractivity contribution in [3.8, 4) is 0 Å². The number of nitrogens with zero attached hydrogens (tertiary/aromatic N) is 1. The maximum atomic E-state index is 13.3. The molecule has 2 fully saturated rings. The molecule has 2 aliphatic rings. The third-order valence-corrected chi connectivity index (χ3v) is 5.29. The summed E-state index contributed by atoms with van der Waals surface area (Å²) in [7, 11) is 1.90. The highest BCUT2D eigenvalue weighted by Crippen LogP contribution is 2.24. The number of carbonyl (C=O) groups is 1. The number of halogens is 2. The third kappa shape index (κ3) is 5.91. The number of benzene rings is 1. The van der Waals surface area contributed by atoms with E-state index in [0.717, 1.165) is 44.3 Å². The van der Waals surface area contributed by atoms with Gasteiger partial charge in [0.1, 0.15) is 5.82 Å². The van der Waals surface area contributed by atoms with E-state index in [9.17, 15) is 9.18 Å². The molecule has 3 N–H and O–H groups in total. The van der Waals surface area contributed by atoms with E-state index in [1.807, 2.05) is 18.0 Å². The molecule has 0 spiro atoms. The van der Waals surface area contributed by atoms with Gasteiger partial charge >= 0.3 is 0 Å². The molecule has 3 atom stereocenters. The first kappa shape index (κ1) is 21.1. The van der Waals surface area contributed by atoms with Gasteiger partial charge < -0.3 is 10.2 Å². The van der Waals surface area contributed by atoms with Gasteiger partial charge in [-0.15, -0.1) is 12.4 Å². The minimum absolute atomic E-state index is 0. The molecule has 3 rings (SSSR count). The van der Waals surface area contributed by atoms with Crippen molar-refractivity contribution in [3.63, 3.8) is 0 Å². The summed E-state index contributed by atoms with van der Waals surface area (Å²) in [6.07, 6.45) is 5.80. The summed E-state index contributed by atoms with van der Waals surface area (Å²) in [5.74, 6) is 0.0363. The van der Waals surface area contributed by atoms with E-state index < -0.39 is 0 Å². The van der Waals surface area contributed by atoms with E-state index in [2.05, 4.69) is 16.2 Å². The quantitative estimate of drug-likeness (QED) is 0.676. The molecule has 1 aromatic rings. The second kappa shape index (κ2) is 10.2. The van der Waals surface area contributed by atoms with Crippen molar-refractivity contribution in [2.24, 2.45) is 0 Å². The summed E-state index contributed by atoms with van der Waals surface area (Å²) >= 11 is 0. The zero-order chi connectivity index (χ0) is 17.6. The Morgan fingerprint density at radius 3 is 2.88 bits per heavy atom. The van der Waals surface area contributed by atoms with E-state index in [0.29, 0.717) is 18.5 Å². The molecule has 1 aromatic carbocycles. The first-order valence-electron chi connectivity index (χ1n) is 9.35. The summed E-state index contributed by atoms with van der Waals surface area (Å²) in [6.45, 7) is 1.82. The van der Waals surface area contributed by atoms with E-state index in [1.165, 1.54) is 12.5 Å². The minimum Gasteiger partial charge on any atom is -0.346 e. The molecule has 0 aromatic heterocycles. The fraction of sp³-hybridized carbons (Fsp3) is 0.632. The summed E-state index contributed by atoms with van der Waals surface area (Å²) in [4.78, 5) is 14.1. The molecule has 5 nitrogen and oxygen atoms in total. The van der Waals surface area contributed by atoms with E-state index in [4.69, 9.17) is 0 Å². The Hall–Kier alpha value is -1.21. The zero-order valence-electron chi connectivity index (χ0n) is 15.3. The zero-order valence-corrected chi connectivity index (χ0v) is 16.2. The lowest BCUT2D eigenvalue weighted by molar-refractivity contribution is -0.130. The van der Waals surface area contributed by atoms with Gasteiger partial charge in [0, 0.05) is 38.1 Å². The predicted molar refractivity (Wildman–Crippen MR) is 104 cm³/mol. The Morgan fingerprint density at radius 2 is 2.15 bits per heavy atom. The van der Waals surface area contributed by atoms with Crippen LogP contribution in [0.3, 0.4) is 0 Å². The summed E-state index contributed by atoms with van der Waals surface area (Å²) in [5.41, 5.74) is 7.53. The van der Waals surface area contributed by atoms with Crippen LogP contribution < -0.4 is 16.2 Å². The number of amides is 1. The monoisotopic (exact) mass is 384 g/mol. The summed E-state index contributed by atoms with van der Waals surface area (Å²) in [5, 5.41) is 3.38. The Kier molecular flexibility index (Phi) is 8.28. The standard InChI is InChI=1S/C19H29FN4O.ClH/c1-24(19(25)13-16-7-3-9-21-16)10-4-8-17-12-18(23-22-17)14-5-2-6-15(20)11-14;/h2,5-6,11,16-18,21-23H,3-4,7-10,12-13H2,1H3;1H. The van der Waals surface area contributed by atoms with Gasteiger partial charge in [0.25, 0.3) is 0 Å². The molecular formula is C19H30ClFN4O. The van der Waals surface area contributed by atoms with Gasteiger partial charge in [0.15, 0.2) is 0 Å². The molecule has 0 aliphatic carbocycles. The van der Waals surface area contributed by atoms with Crippen LogP contribution in [0.4, 0.5) is 4.39 Å². The maximum absolute atomic E-state index is 13.3. The van der Waals surface area contributed by atoms with Crippen molar-refractivity contribution >= 4 is 18.3 Å². The molecule has 2 saturated heterocycles. The Labute approximate surface area is 161 Å². The lowest BCUT2D eigenvalue weighted by atomic mass is 9.99. The molecule has 3 unspecified atom stereocenters. The van der Waals surface area contributed by atoms with E-state index in [1.54, 1.807) is 12.1 Å². The van der Waals surface area contributed by atoms with E-state index in [-0.39, 0.29) is 30.2 Å². The van der Waals surface area contributed by atoms with Crippen LogP contribution in [-0.4, -0.2) is 43.0 Å². The van der Waals surface area contributed by atoms with Gasteiger partial charge in [-0.05, 0) is 56.3 Å². The number of hydrogen-bond acceptors (Lipinski definition) is 4. The SMILES string of the molecule is CN(CCCC1CC(c2cccc(F)c2)NN1)C(=O)CC1CCCN1.Cl. The molecule has 2 heterocycles. The van der Waals surface area contributed by atoms with Crippen LogP contribution in [-0.2, 0) is 4.79 Å². The number of hydrazine groups is 1. The van der Waals surface area contributed by atoms with Crippen LogP contribution >= 0.6 is 12.4 Å². The highest BCUT2D eigenvalue weighted by molar-refractivity contribution is 5.85. The Bertz CT molecular complexity index is 582.